The molecule has 0 atom stereocenters. The molecular formula is C14H12ClN3O3. The molecule has 1 aromatic heterocycles. The van der Waals surface area contributed by atoms with Crippen molar-refractivity contribution in [1.29, 1.82) is 0 Å². The number of carbonyl (C=O) groups excluding carboxylic acids is 2. The van der Waals surface area contributed by atoms with Crippen molar-refractivity contribution in [2.24, 2.45) is 5.73 Å². The van der Waals surface area contributed by atoms with Crippen molar-refractivity contribution < 1.29 is 14.3 Å². The van der Waals surface area contributed by atoms with Crippen LogP contribution in [0.25, 0.3) is 0 Å². The number of pyridine rings is 1. The van der Waals surface area contributed by atoms with Gasteiger partial charge in [0.1, 0.15) is 10.9 Å². The van der Waals surface area contributed by atoms with Crippen molar-refractivity contribution >= 4 is 29.1 Å². The van der Waals surface area contributed by atoms with Crippen LogP contribution in [0.3, 0.4) is 0 Å². The number of rotatable bonds is 4. The molecule has 2 aromatic rings. The van der Waals surface area contributed by atoms with Gasteiger partial charge in [-0.15, -0.1) is 0 Å². The maximum atomic E-state index is 12.1. The van der Waals surface area contributed by atoms with Gasteiger partial charge in [0, 0.05) is 11.8 Å². The van der Waals surface area contributed by atoms with Crippen molar-refractivity contribution in [3.63, 3.8) is 0 Å². The second-order valence-electron chi connectivity index (χ2n) is 4.10. The standard InChI is InChI=1S/C14H12ClN3O3/c1-21-11-4-2-8(13(16)19)6-10(11)18-14(20)9-3-5-12(15)17-7-9/h2-7H,1H3,(H2,16,19)(H,18,20). The van der Waals surface area contributed by atoms with E-state index in [4.69, 9.17) is 22.1 Å². The number of nitrogens with zero attached hydrogens (tertiary/aromatic N) is 1. The molecular weight excluding hydrogens is 294 g/mol. The van der Waals surface area contributed by atoms with E-state index in [0.717, 1.165) is 0 Å². The molecule has 0 fully saturated rings. The van der Waals surface area contributed by atoms with Crippen molar-refractivity contribution in [3.05, 3.63) is 52.8 Å². The lowest BCUT2D eigenvalue weighted by molar-refractivity contribution is 0.0996. The number of nitrogens with one attached hydrogen (secondary N) is 1. The lowest BCUT2D eigenvalue weighted by Crippen LogP contribution is -2.15. The predicted molar refractivity (Wildman–Crippen MR) is 78.7 cm³/mol. The molecule has 0 saturated heterocycles. The van der Waals surface area contributed by atoms with E-state index in [1.54, 1.807) is 6.07 Å². The van der Waals surface area contributed by atoms with E-state index in [1.165, 1.54) is 37.6 Å². The Morgan fingerprint density at radius 1 is 1.24 bits per heavy atom. The number of hydrogen-bond acceptors (Lipinski definition) is 4. The summed E-state index contributed by atoms with van der Waals surface area (Å²) in [7, 11) is 1.46. The lowest BCUT2D eigenvalue weighted by atomic mass is 10.1. The van der Waals surface area contributed by atoms with Crippen LogP contribution in [0, 0.1) is 0 Å². The average Bonchev–Trinajstić information content (AvgIpc) is 2.47. The number of aromatic nitrogens is 1. The number of benzene rings is 1. The minimum absolute atomic E-state index is 0.264. The minimum Gasteiger partial charge on any atom is -0.495 e. The summed E-state index contributed by atoms with van der Waals surface area (Å²) in [5, 5.41) is 2.93. The third-order valence-corrected chi connectivity index (χ3v) is 2.95. The molecule has 0 aliphatic rings. The summed E-state index contributed by atoms with van der Waals surface area (Å²) in [6.07, 6.45) is 1.35. The zero-order chi connectivity index (χ0) is 15.4. The molecule has 6 nitrogen and oxygen atoms in total. The van der Waals surface area contributed by atoms with E-state index < -0.39 is 11.8 Å². The summed E-state index contributed by atoms with van der Waals surface area (Å²) < 4.78 is 5.13. The van der Waals surface area contributed by atoms with Crippen LogP contribution < -0.4 is 15.8 Å². The zero-order valence-corrected chi connectivity index (χ0v) is 11.8. The van der Waals surface area contributed by atoms with E-state index in [2.05, 4.69) is 10.3 Å². The number of hydrogen-bond donors (Lipinski definition) is 2. The second-order valence-corrected chi connectivity index (χ2v) is 4.49. The largest absolute Gasteiger partial charge is 0.495 e. The van der Waals surface area contributed by atoms with Gasteiger partial charge in [-0.3, -0.25) is 9.59 Å². The predicted octanol–water partition coefficient (Wildman–Crippen LogP) is 2.09. The van der Waals surface area contributed by atoms with Crippen molar-refractivity contribution in [3.8, 4) is 5.75 Å². The van der Waals surface area contributed by atoms with Gasteiger partial charge >= 0.3 is 0 Å². The summed E-state index contributed by atoms with van der Waals surface area (Å²) in [5.74, 6) is -0.587. The average molecular weight is 306 g/mol. The van der Waals surface area contributed by atoms with Crippen LogP contribution in [0.5, 0.6) is 5.75 Å². The quantitative estimate of drug-likeness (QED) is 0.846. The third-order valence-electron chi connectivity index (χ3n) is 2.72. The third kappa shape index (κ3) is 3.49. The van der Waals surface area contributed by atoms with Crippen LogP contribution in [0.4, 0.5) is 5.69 Å². The first kappa shape index (κ1) is 14.8. The molecule has 0 bridgehead atoms. The molecule has 2 rings (SSSR count). The van der Waals surface area contributed by atoms with Crippen LogP contribution in [0.15, 0.2) is 36.5 Å². The van der Waals surface area contributed by atoms with Gasteiger partial charge in [-0.1, -0.05) is 11.6 Å². The number of nitrogens with two attached hydrogens (primary N) is 1. The normalized spacial score (nSPS) is 10.0. The van der Waals surface area contributed by atoms with Gasteiger partial charge in [0.2, 0.25) is 5.91 Å². The molecule has 2 amide bonds. The molecule has 1 heterocycles. The molecule has 21 heavy (non-hydrogen) atoms. The van der Waals surface area contributed by atoms with Gasteiger partial charge < -0.3 is 15.8 Å². The van der Waals surface area contributed by atoms with Crippen LogP contribution in [-0.2, 0) is 0 Å². The molecule has 0 unspecified atom stereocenters. The number of ether oxygens (including phenoxy) is 1. The van der Waals surface area contributed by atoms with Crippen molar-refractivity contribution in [1.82, 2.24) is 4.98 Å². The highest BCUT2D eigenvalue weighted by Gasteiger charge is 2.12. The Morgan fingerprint density at radius 3 is 2.52 bits per heavy atom. The highest BCUT2D eigenvalue weighted by atomic mass is 35.5. The summed E-state index contributed by atoms with van der Waals surface area (Å²) in [4.78, 5) is 27.1. The van der Waals surface area contributed by atoms with Crippen molar-refractivity contribution in [2.45, 2.75) is 0 Å². The molecule has 0 aliphatic heterocycles. The molecule has 0 saturated carbocycles. The number of primary amides is 1. The summed E-state index contributed by atoms with van der Waals surface area (Å²) >= 11 is 5.67. The van der Waals surface area contributed by atoms with E-state index >= 15 is 0 Å². The first-order chi connectivity index (χ1) is 10.0. The van der Waals surface area contributed by atoms with Crippen molar-refractivity contribution in [2.75, 3.05) is 12.4 Å². The number of halogens is 1. The van der Waals surface area contributed by atoms with Gasteiger partial charge in [-0.25, -0.2) is 4.98 Å². The summed E-state index contributed by atoms with van der Waals surface area (Å²) in [6.45, 7) is 0. The van der Waals surface area contributed by atoms with Crippen LogP contribution in [0.2, 0.25) is 5.15 Å². The first-order valence-corrected chi connectivity index (χ1v) is 6.30. The lowest BCUT2D eigenvalue weighted by Gasteiger charge is -2.11. The number of methoxy groups -OCH3 is 1. The van der Waals surface area contributed by atoms with E-state index in [1.807, 2.05) is 0 Å². The maximum Gasteiger partial charge on any atom is 0.257 e. The summed E-state index contributed by atoms with van der Waals surface area (Å²) in [5.41, 5.74) is 6.15. The highest BCUT2D eigenvalue weighted by molar-refractivity contribution is 6.29. The van der Waals surface area contributed by atoms with Gasteiger partial charge in [0.25, 0.3) is 5.91 Å². The van der Waals surface area contributed by atoms with Crippen LogP contribution >= 0.6 is 11.6 Å². The minimum atomic E-state index is -0.596. The van der Waals surface area contributed by atoms with Gasteiger partial charge in [-0.2, -0.15) is 0 Å². The van der Waals surface area contributed by atoms with Gasteiger partial charge in [-0.05, 0) is 30.3 Å². The smallest absolute Gasteiger partial charge is 0.257 e. The highest BCUT2D eigenvalue weighted by Crippen LogP contribution is 2.26. The Bertz CT molecular complexity index is 686. The number of anilines is 1. The van der Waals surface area contributed by atoms with E-state index in [-0.39, 0.29) is 5.56 Å². The molecule has 0 radical (unpaired) electrons. The van der Waals surface area contributed by atoms with Gasteiger partial charge in [0.15, 0.2) is 0 Å². The number of carbonyl (C=O) groups is 2. The van der Waals surface area contributed by atoms with E-state index in [0.29, 0.717) is 22.2 Å². The van der Waals surface area contributed by atoms with E-state index in [9.17, 15) is 9.59 Å². The molecule has 0 spiro atoms. The zero-order valence-electron chi connectivity index (χ0n) is 11.1. The monoisotopic (exact) mass is 305 g/mol. The first-order valence-electron chi connectivity index (χ1n) is 5.92. The molecule has 0 aliphatic carbocycles. The molecule has 7 heteroatoms. The fourth-order valence-corrected chi connectivity index (χ4v) is 1.78. The fraction of sp³-hybridized carbons (Fsp3) is 0.0714. The molecule has 3 N–H and O–H groups in total. The maximum absolute atomic E-state index is 12.1. The molecule has 108 valence electrons. The van der Waals surface area contributed by atoms with Crippen LogP contribution in [0.1, 0.15) is 20.7 Å². The topological polar surface area (TPSA) is 94.3 Å². The fourth-order valence-electron chi connectivity index (χ4n) is 1.66. The summed E-state index contributed by atoms with van der Waals surface area (Å²) in [6, 6.07) is 7.56. The molecule has 1 aromatic carbocycles. The Morgan fingerprint density at radius 2 is 1.95 bits per heavy atom. The Balaban J connectivity index is 2.29. The number of amides is 2. The van der Waals surface area contributed by atoms with Crippen LogP contribution in [-0.4, -0.2) is 23.9 Å². The Hall–Kier alpha value is -2.60. The van der Waals surface area contributed by atoms with Gasteiger partial charge in [0.05, 0.1) is 18.4 Å². The Labute approximate surface area is 125 Å². The second kappa shape index (κ2) is 6.23. The Kier molecular flexibility index (Phi) is 4.39. The SMILES string of the molecule is COc1ccc(C(N)=O)cc1NC(=O)c1ccc(Cl)nc1.